The number of carbonyl (C=O) groups excluding carboxylic acids is 1. The minimum atomic E-state index is -0.0587. The molecule has 0 unspecified atom stereocenters. The normalized spacial score (nSPS) is 11.0. The van der Waals surface area contributed by atoms with Crippen LogP contribution in [0, 0.1) is 13.8 Å². The van der Waals surface area contributed by atoms with Crippen molar-refractivity contribution in [2.75, 3.05) is 11.4 Å². The fourth-order valence-electron chi connectivity index (χ4n) is 2.39. The van der Waals surface area contributed by atoms with E-state index in [1.54, 1.807) is 22.4 Å². The predicted molar refractivity (Wildman–Crippen MR) is 86.3 cm³/mol. The third kappa shape index (κ3) is 2.56. The zero-order chi connectivity index (χ0) is 15.0. The molecule has 0 N–H and O–H groups in total. The minimum Gasteiger partial charge on any atom is -0.307 e. The van der Waals surface area contributed by atoms with Crippen LogP contribution >= 0.6 is 11.3 Å². The molecule has 0 spiro atoms. The number of hydrogen-bond acceptors (Lipinski definition) is 3. The summed E-state index contributed by atoms with van der Waals surface area (Å²) in [6.07, 6.45) is 3.80. The Morgan fingerprint density at radius 3 is 2.81 bits per heavy atom. The average molecular weight is 299 g/mol. The van der Waals surface area contributed by atoms with Gasteiger partial charge in [-0.2, -0.15) is 0 Å². The van der Waals surface area contributed by atoms with Crippen molar-refractivity contribution < 1.29 is 4.79 Å². The molecule has 0 saturated carbocycles. The molecule has 2 heterocycles. The molecule has 3 aromatic rings. The largest absolute Gasteiger partial charge is 0.307 e. The van der Waals surface area contributed by atoms with Crippen molar-refractivity contribution in [1.29, 1.82) is 0 Å². The maximum atomic E-state index is 12.7. The van der Waals surface area contributed by atoms with Crippen molar-refractivity contribution in [2.24, 2.45) is 0 Å². The highest BCUT2D eigenvalue weighted by Crippen LogP contribution is 2.21. The molecule has 0 bridgehead atoms. The Bertz CT molecular complexity index is 771. The first-order valence-electron chi connectivity index (χ1n) is 6.92. The monoisotopic (exact) mass is 299 g/mol. The van der Waals surface area contributed by atoms with Crippen molar-refractivity contribution in [3.63, 3.8) is 0 Å². The molecule has 0 atom stereocenters. The number of aryl methyl sites for hydroxylation is 2. The molecule has 0 aliphatic carbocycles. The van der Waals surface area contributed by atoms with Gasteiger partial charge in [0.15, 0.2) is 4.96 Å². The third-order valence-electron chi connectivity index (χ3n) is 3.37. The van der Waals surface area contributed by atoms with Gasteiger partial charge in [-0.05, 0) is 38.5 Å². The van der Waals surface area contributed by atoms with Crippen molar-refractivity contribution in [1.82, 2.24) is 9.38 Å². The van der Waals surface area contributed by atoms with Crippen LogP contribution < -0.4 is 4.90 Å². The second-order valence-corrected chi connectivity index (χ2v) is 6.26. The Kier molecular flexibility index (Phi) is 3.51. The zero-order valence-electron chi connectivity index (χ0n) is 12.3. The lowest BCUT2D eigenvalue weighted by molar-refractivity contribution is 0.0984. The van der Waals surface area contributed by atoms with E-state index in [-0.39, 0.29) is 5.91 Å². The molecule has 0 fully saturated rings. The summed E-state index contributed by atoms with van der Waals surface area (Å²) in [5.74, 6) is -0.0587. The van der Waals surface area contributed by atoms with Gasteiger partial charge in [-0.15, -0.1) is 11.3 Å². The fourth-order valence-corrected chi connectivity index (χ4v) is 3.20. The van der Waals surface area contributed by atoms with Gasteiger partial charge >= 0.3 is 0 Å². The average Bonchev–Trinajstić information content (AvgIpc) is 2.96. The summed E-state index contributed by atoms with van der Waals surface area (Å²) in [5, 5.41) is 0. The highest BCUT2D eigenvalue weighted by atomic mass is 32.1. The quantitative estimate of drug-likeness (QED) is 0.740. The Morgan fingerprint density at radius 1 is 1.33 bits per heavy atom. The first kappa shape index (κ1) is 13.8. The number of imidazole rings is 1. The molecule has 0 saturated heterocycles. The van der Waals surface area contributed by atoms with E-state index in [0.29, 0.717) is 12.2 Å². The van der Waals surface area contributed by atoms with E-state index in [2.05, 4.69) is 4.98 Å². The van der Waals surface area contributed by atoms with Crippen LogP contribution in [0.5, 0.6) is 0 Å². The molecule has 108 valence electrons. The maximum absolute atomic E-state index is 12.7. The first-order chi connectivity index (χ1) is 10.1. The number of carbonyl (C=O) groups is 1. The number of hydrogen-bond donors (Lipinski definition) is 0. The summed E-state index contributed by atoms with van der Waals surface area (Å²) in [5.41, 5.74) is 2.54. The van der Waals surface area contributed by atoms with Gasteiger partial charge < -0.3 is 4.90 Å². The highest BCUT2D eigenvalue weighted by Gasteiger charge is 2.19. The molecule has 1 aromatic carbocycles. The third-order valence-corrected chi connectivity index (χ3v) is 4.28. The molecular weight excluding hydrogens is 282 g/mol. The lowest BCUT2D eigenvalue weighted by Crippen LogP contribution is -2.30. The lowest BCUT2D eigenvalue weighted by Gasteiger charge is -2.20. The van der Waals surface area contributed by atoms with Crippen LogP contribution in [0.3, 0.4) is 0 Å². The first-order valence-corrected chi connectivity index (χ1v) is 7.74. The van der Waals surface area contributed by atoms with E-state index in [0.717, 1.165) is 16.2 Å². The van der Waals surface area contributed by atoms with Gasteiger partial charge in [0.2, 0.25) is 0 Å². The minimum absolute atomic E-state index is 0.0587. The summed E-state index contributed by atoms with van der Waals surface area (Å²) in [6, 6.07) is 7.97. The van der Waals surface area contributed by atoms with Crippen LogP contribution in [0.4, 0.5) is 5.69 Å². The summed E-state index contributed by atoms with van der Waals surface area (Å²) in [6.45, 7) is 6.65. The number of thiazole rings is 1. The summed E-state index contributed by atoms with van der Waals surface area (Å²) in [4.78, 5) is 20.9. The molecule has 4 nitrogen and oxygen atoms in total. The number of anilines is 1. The van der Waals surface area contributed by atoms with Gasteiger partial charge in [-0.25, -0.2) is 4.98 Å². The number of nitrogens with zero attached hydrogens (tertiary/aromatic N) is 3. The Labute approximate surface area is 127 Å². The topological polar surface area (TPSA) is 37.6 Å². The Hall–Kier alpha value is -2.14. The molecule has 0 aliphatic heterocycles. The van der Waals surface area contributed by atoms with E-state index in [9.17, 15) is 4.79 Å². The maximum Gasteiger partial charge on any atom is 0.278 e. The van der Waals surface area contributed by atoms with Gasteiger partial charge in [0, 0.05) is 29.5 Å². The van der Waals surface area contributed by atoms with Crippen LogP contribution in [0.1, 0.15) is 27.9 Å². The standard InChI is InChI=1S/C16H17N3OS/c1-4-19(13-7-5-6-11(2)8-13)15(20)14-10-18-9-12(3)21-16(18)17-14/h5-10H,4H2,1-3H3. The van der Waals surface area contributed by atoms with E-state index >= 15 is 0 Å². The smallest absolute Gasteiger partial charge is 0.278 e. The number of fused-ring (bicyclic) bond motifs is 1. The molecule has 3 rings (SSSR count). The fraction of sp³-hybridized carbons (Fsp3) is 0.250. The van der Waals surface area contributed by atoms with E-state index in [1.807, 2.05) is 55.6 Å². The van der Waals surface area contributed by atoms with E-state index < -0.39 is 0 Å². The number of rotatable bonds is 3. The van der Waals surface area contributed by atoms with Gasteiger partial charge in [-0.1, -0.05) is 12.1 Å². The van der Waals surface area contributed by atoms with Crippen molar-refractivity contribution >= 4 is 27.9 Å². The van der Waals surface area contributed by atoms with E-state index in [4.69, 9.17) is 0 Å². The second kappa shape index (κ2) is 5.33. The predicted octanol–water partition coefficient (Wildman–Crippen LogP) is 3.68. The molecule has 2 aromatic heterocycles. The summed E-state index contributed by atoms with van der Waals surface area (Å²) in [7, 11) is 0. The van der Waals surface area contributed by atoms with Crippen molar-refractivity contribution in [3.05, 3.63) is 52.8 Å². The van der Waals surface area contributed by atoms with Gasteiger partial charge in [0.05, 0.1) is 0 Å². The summed E-state index contributed by atoms with van der Waals surface area (Å²) < 4.78 is 1.91. The van der Waals surface area contributed by atoms with Crippen LogP contribution in [-0.4, -0.2) is 21.8 Å². The molecule has 21 heavy (non-hydrogen) atoms. The van der Waals surface area contributed by atoms with Gasteiger partial charge in [-0.3, -0.25) is 9.20 Å². The molecule has 1 amide bonds. The molecule has 0 aliphatic rings. The molecule has 5 heteroatoms. The Balaban J connectivity index is 1.96. The number of amides is 1. The zero-order valence-corrected chi connectivity index (χ0v) is 13.1. The molecular formula is C16H17N3OS. The van der Waals surface area contributed by atoms with Crippen LogP contribution in [0.25, 0.3) is 4.96 Å². The van der Waals surface area contributed by atoms with Crippen molar-refractivity contribution in [2.45, 2.75) is 20.8 Å². The van der Waals surface area contributed by atoms with Crippen LogP contribution in [0.15, 0.2) is 36.7 Å². The second-order valence-electron chi connectivity index (χ2n) is 5.05. The lowest BCUT2D eigenvalue weighted by atomic mass is 10.2. The molecule has 0 radical (unpaired) electrons. The SMILES string of the molecule is CCN(C(=O)c1cn2cc(C)sc2n1)c1cccc(C)c1. The van der Waals surface area contributed by atoms with Gasteiger partial charge in [0.1, 0.15) is 5.69 Å². The van der Waals surface area contributed by atoms with Gasteiger partial charge in [0.25, 0.3) is 5.91 Å². The van der Waals surface area contributed by atoms with Crippen molar-refractivity contribution in [3.8, 4) is 0 Å². The van der Waals surface area contributed by atoms with E-state index in [1.165, 1.54) is 4.88 Å². The highest BCUT2D eigenvalue weighted by molar-refractivity contribution is 7.17. The number of aromatic nitrogens is 2. The van der Waals surface area contributed by atoms with Crippen LogP contribution in [-0.2, 0) is 0 Å². The Morgan fingerprint density at radius 2 is 2.14 bits per heavy atom. The summed E-state index contributed by atoms with van der Waals surface area (Å²) >= 11 is 1.59. The number of benzene rings is 1. The van der Waals surface area contributed by atoms with Crippen LogP contribution in [0.2, 0.25) is 0 Å².